The van der Waals surface area contributed by atoms with Crippen molar-refractivity contribution >= 4 is 40.7 Å². The predicted molar refractivity (Wildman–Crippen MR) is 186 cm³/mol. The van der Waals surface area contributed by atoms with E-state index in [0.717, 1.165) is 19.2 Å². The summed E-state index contributed by atoms with van der Waals surface area (Å²) < 4.78 is 21.0. The summed E-state index contributed by atoms with van der Waals surface area (Å²) in [4.78, 5) is 62.1. The highest BCUT2D eigenvalue weighted by Gasteiger charge is 2.26. The molecule has 2 aromatic carbocycles. The number of ether oxygens (including phenoxy) is 4. The second-order valence-corrected chi connectivity index (χ2v) is 11.9. The number of carbonyl (C=O) groups excluding carboxylic acids is 3. The summed E-state index contributed by atoms with van der Waals surface area (Å²) in [5, 5.41) is 29.4. The number of carbonyl (C=O) groups is 3. The minimum atomic E-state index is -0.888. The van der Waals surface area contributed by atoms with Gasteiger partial charge in [0, 0.05) is 57.0 Å². The van der Waals surface area contributed by atoms with E-state index in [1.807, 2.05) is 20.8 Å². The number of nitrogens with one attached hydrogen (secondary N) is 2. The van der Waals surface area contributed by atoms with Crippen molar-refractivity contribution in [3.63, 3.8) is 0 Å². The van der Waals surface area contributed by atoms with E-state index >= 15 is 0 Å². The highest BCUT2D eigenvalue weighted by molar-refractivity contribution is 5.96. The number of benzene rings is 2. The van der Waals surface area contributed by atoms with Gasteiger partial charge in [0.05, 0.1) is 36.2 Å². The zero-order valence-corrected chi connectivity index (χ0v) is 29.0. The molecule has 3 rings (SSSR count). The van der Waals surface area contributed by atoms with Crippen LogP contribution in [-0.2, 0) is 9.47 Å². The van der Waals surface area contributed by atoms with E-state index < -0.39 is 38.7 Å². The molecular weight excluding hydrogens is 670 g/mol. The number of amides is 2. The molecule has 4 N–H and O–H groups in total. The summed E-state index contributed by atoms with van der Waals surface area (Å²) in [6.45, 7) is 8.01. The van der Waals surface area contributed by atoms with Gasteiger partial charge in [0.2, 0.25) is 5.91 Å². The Balaban J connectivity index is 1.64. The Morgan fingerprint density at radius 1 is 0.882 bits per heavy atom. The van der Waals surface area contributed by atoms with Crippen molar-refractivity contribution in [1.82, 2.24) is 9.80 Å². The first-order valence-electron chi connectivity index (χ1n) is 15.6. The summed E-state index contributed by atoms with van der Waals surface area (Å²) >= 11 is 0. The monoisotopic (exact) mass is 711 g/mol. The Bertz CT molecular complexity index is 1720. The minimum absolute atomic E-state index is 0.0154. The number of piperazine rings is 1. The van der Waals surface area contributed by atoms with Crippen molar-refractivity contribution in [2.24, 2.45) is 5.73 Å². The molecule has 51 heavy (non-hydrogen) atoms. The van der Waals surface area contributed by atoms with Crippen molar-refractivity contribution in [2.45, 2.75) is 26.4 Å². The van der Waals surface area contributed by atoms with Gasteiger partial charge in [0.1, 0.15) is 18.0 Å². The molecule has 0 unspecified atom stereocenters. The highest BCUT2D eigenvalue weighted by atomic mass is 16.6. The number of hydrogen-bond donors (Lipinski definition) is 3. The molecule has 1 aliphatic rings. The number of esters is 1. The van der Waals surface area contributed by atoms with Gasteiger partial charge in [-0.2, -0.15) is 0 Å². The smallest absolute Gasteiger partial charge is 0.410 e. The van der Waals surface area contributed by atoms with Crippen molar-refractivity contribution in [3.8, 4) is 23.3 Å². The number of hydrogen-bond acceptors (Lipinski definition) is 14. The lowest BCUT2D eigenvalue weighted by Crippen LogP contribution is -2.50. The largest absolute Gasteiger partial charge is 0.494 e. The van der Waals surface area contributed by atoms with E-state index in [-0.39, 0.29) is 59.8 Å². The van der Waals surface area contributed by atoms with Crippen molar-refractivity contribution < 1.29 is 43.2 Å². The lowest BCUT2D eigenvalue weighted by atomic mass is 10.1. The van der Waals surface area contributed by atoms with Crippen LogP contribution in [0.25, 0.3) is 0 Å². The maximum Gasteiger partial charge on any atom is 0.410 e. The number of nitro benzene ring substituents is 2. The first kappa shape index (κ1) is 39.3. The normalized spacial score (nSPS) is 13.1. The molecule has 274 valence electrons. The van der Waals surface area contributed by atoms with Crippen LogP contribution in [0.4, 0.5) is 27.5 Å². The maximum atomic E-state index is 12.3. The van der Waals surface area contributed by atoms with Gasteiger partial charge in [0.15, 0.2) is 17.1 Å². The molecule has 0 radical (unpaired) electrons. The molecule has 0 bridgehead atoms. The molecule has 1 fully saturated rings. The first-order chi connectivity index (χ1) is 24.1. The average molecular weight is 712 g/mol. The molecule has 18 heteroatoms. The van der Waals surface area contributed by atoms with Gasteiger partial charge in [-0.1, -0.05) is 24.0 Å². The van der Waals surface area contributed by atoms with E-state index in [1.54, 1.807) is 17.1 Å². The topological polar surface area (TPSA) is 231 Å². The predicted octanol–water partition coefficient (Wildman–Crippen LogP) is 3.41. The second-order valence-electron chi connectivity index (χ2n) is 11.9. The third kappa shape index (κ3) is 11.5. The van der Waals surface area contributed by atoms with Gasteiger partial charge in [0.25, 0.3) is 11.4 Å². The van der Waals surface area contributed by atoms with Crippen LogP contribution in [0.2, 0.25) is 0 Å². The molecule has 0 spiro atoms. The Kier molecular flexibility index (Phi) is 13.9. The summed E-state index contributed by atoms with van der Waals surface area (Å²) in [7, 11) is 2.45. The van der Waals surface area contributed by atoms with E-state index in [9.17, 15) is 34.6 Å². The van der Waals surface area contributed by atoms with Gasteiger partial charge in [-0.25, -0.2) is 9.59 Å². The third-order valence-electron chi connectivity index (χ3n) is 7.19. The molecule has 2 aromatic rings. The number of rotatable bonds is 14. The fourth-order valence-corrected chi connectivity index (χ4v) is 4.73. The summed E-state index contributed by atoms with van der Waals surface area (Å²) in [6.07, 6.45) is 2.85. The van der Waals surface area contributed by atoms with Gasteiger partial charge in [-0.05, 0) is 32.9 Å². The molecule has 1 heterocycles. The number of methoxy groups -OCH3 is 2. The van der Waals surface area contributed by atoms with Crippen molar-refractivity contribution in [2.75, 3.05) is 77.3 Å². The van der Waals surface area contributed by atoms with E-state index in [4.69, 9.17) is 19.9 Å². The van der Waals surface area contributed by atoms with E-state index in [1.165, 1.54) is 19.2 Å². The van der Waals surface area contributed by atoms with Gasteiger partial charge in [-0.3, -0.25) is 29.9 Å². The number of anilines is 2. The molecule has 2 amide bonds. The fourth-order valence-electron chi connectivity index (χ4n) is 4.73. The fraction of sp³-hybridized carbons (Fsp3) is 0.424. The standard InChI is InChI=1S/C33H41N7O11/c1-33(2,3)51-32(43)38-15-13-37(14-16-38)12-8-9-17-50-27-20-22(30(34)41)18-24(39(44)45)29(27)36-11-7-6-10-35-28-25(40(46)47)19-23(31(42)49-5)21-26(28)48-4/h6-7,18-21,35-36H,10-17H2,1-5H3,(H2,34,41)/b7-6+. The van der Waals surface area contributed by atoms with Crippen LogP contribution in [0.1, 0.15) is 41.5 Å². The first-order valence-corrected chi connectivity index (χ1v) is 15.6. The van der Waals surface area contributed by atoms with Gasteiger partial charge < -0.3 is 40.2 Å². The molecule has 0 atom stereocenters. The van der Waals surface area contributed by atoms with Crippen LogP contribution < -0.4 is 25.8 Å². The molecule has 0 aliphatic carbocycles. The molecule has 1 saturated heterocycles. The Hall–Kier alpha value is -6.09. The van der Waals surface area contributed by atoms with Crippen LogP contribution in [-0.4, -0.2) is 110 Å². The van der Waals surface area contributed by atoms with Crippen molar-refractivity contribution in [1.29, 1.82) is 0 Å². The third-order valence-corrected chi connectivity index (χ3v) is 7.19. The maximum absolute atomic E-state index is 12.3. The summed E-state index contributed by atoms with van der Waals surface area (Å²) in [5.41, 5.74) is 3.80. The molecular formula is C33H41N7O11. The second kappa shape index (κ2) is 18.1. The van der Waals surface area contributed by atoms with Crippen LogP contribution in [0.15, 0.2) is 36.4 Å². The molecule has 0 aromatic heterocycles. The number of primary amides is 1. The van der Waals surface area contributed by atoms with Crippen LogP contribution in [0.5, 0.6) is 11.5 Å². The summed E-state index contributed by atoms with van der Waals surface area (Å²) in [6, 6.07) is 4.69. The number of nitrogens with zero attached hydrogens (tertiary/aromatic N) is 4. The zero-order valence-electron chi connectivity index (χ0n) is 29.0. The molecule has 0 saturated carbocycles. The van der Waals surface area contributed by atoms with Crippen LogP contribution in [0.3, 0.4) is 0 Å². The van der Waals surface area contributed by atoms with E-state index in [0.29, 0.717) is 32.7 Å². The van der Waals surface area contributed by atoms with Crippen molar-refractivity contribution in [3.05, 3.63) is 67.8 Å². The Morgan fingerprint density at radius 2 is 1.43 bits per heavy atom. The lowest BCUT2D eigenvalue weighted by molar-refractivity contribution is -0.384. The zero-order chi connectivity index (χ0) is 37.7. The Morgan fingerprint density at radius 3 is 1.94 bits per heavy atom. The molecule has 1 aliphatic heterocycles. The molecule has 18 nitrogen and oxygen atoms in total. The SMILES string of the molecule is COC(=O)c1cc(OC)c(NC/C=C/CNc2c(OCC#CCN3CCN(C(=O)OC(C)(C)C)CC3)cc(C(N)=O)cc2[N+](=O)[O-])c([N+](=O)[O-])c1. The van der Waals surface area contributed by atoms with E-state index in [2.05, 4.69) is 32.1 Å². The van der Waals surface area contributed by atoms with Gasteiger partial charge >= 0.3 is 12.1 Å². The number of nitro groups is 2. The lowest BCUT2D eigenvalue weighted by Gasteiger charge is -2.34. The quantitative estimate of drug-likeness (QED) is 0.0838. The Labute approximate surface area is 294 Å². The van der Waals surface area contributed by atoms with Crippen LogP contribution in [0, 0.1) is 32.1 Å². The van der Waals surface area contributed by atoms with Crippen LogP contribution >= 0.6 is 0 Å². The summed E-state index contributed by atoms with van der Waals surface area (Å²) in [5.74, 6) is 4.23. The minimum Gasteiger partial charge on any atom is -0.494 e. The average Bonchev–Trinajstić information content (AvgIpc) is 3.08. The van der Waals surface area contributed by atoms with Gasteiger partial charge in [-0.15, -0.1) is 0 Å². The number of nitrogens with two attached hydrogens (primary N) is 1. The highest BCUT2D eigenvalue weighted by Crippen LogP contribution is 2.37.